The Morgan fingerprint density at radius 3 is 1.34 bits per heavy atom. The van der Waals surface area contributed by atoms with Crippen LogP contribution in [0.15, 0.2) is 48.5 Å². The van der Waals surface area contributed by atoms with E-state index in [1.165, 1.54) is 49.7 Å². The molecule has 6 nitrogen and oxygen atoms in total. The van der Waals surface area contributed by atoms with E-state index in [-0.39, 0.29) is 12.7 Å². The lowest BCUT2D eigenvalue weighted by Crippen LogP contribution is -2.15. The summed E-state index contributed by atoms with van der Waals surface area (Å²) in [5.41, 5.74) is 3.03. The quantitative estimate of drug-likeness (QED) is 0.132. The summed E-state index contributed by atoms with van der Waals surface area (Å²) in [5, 5.41) is 0. The Labute approximate surface area is 209 Å². The number of hydrogen-bond acceptors (Lipinski definition) is 6. The maximum atomic E-state index is 12.2. The van der Waals surface area contributed by atoms with Gasteiger partial charge >= 0.3 is 18.2 Å². The van der Waals surface area contributed by atoms with E-state index in [0.717, 1.165) is 25.7 Å². The molecule has 0 heterocycles. The molecule has 0 fully saturated rings. The van der Waals surface area contributed by atoms with Gasteiger partial charge in [0.2, 0.25) is 0 Å². The molecule has 35 heavy (non-hydrogen) atoms. The molecule has 0 aliphatic heterocycles. The lowest BCUT2D eigenvalue weighted by molar-refractivity contribution is -0.362. The molecule has 2 aromatic carbocycles. The van der Waals surface area contributed by atoms with Crippen molar-refractivity contribution in [3.8, 4) is 0 Å². The van der Waals surface area contributed by atoms with Gasteiger partial charge in [-0.1, -0.05) is 76.6 Å². The van der Waals surface area contributed by atoms with Gasteiger partial charge in [0.05, 0.1) is 11.1 Å². The Hall–Kier alpha value is -2.70. The predicted molar refractivity (Wildman–Crippen MR) is 135 cm³/mol. The number of unbranched alkanes of at least 4 members (excludes halogenated alkanes) is 6. The predicted octanol–water partition coefficient (Wildman–Crippen LogP) is 7.52. The fraction of sp³-hybridized carbons (Fsp3) is 0.448. The Morgan fingerprint density at radius 1 is 0.600 bits per heavy atom. The smallest absolute Gasteiger partial charge is 0.289 e. The summed E-state index contributed by atoms with van der Waals surface area (Å²) < 4.78 is 0. The Balaban J connectivity index is 1.73. The van der Waals surface area contributed by atoms with Crippen molar-refractivity contribution < 1.29 is 29.1 Å². The van der Waals surface area contributed by atoms with Crippen LogP contribution in [0.4, 0.5) is 0 Å². The summed E-state index contributed by atoms with van der Waals surface area (Å²) in [7, 11) is 0. The second-order valence-electron chi connectivity index (χ2n) is 8.55. The lowest BCUT2D eigenvalue weighted by atomic mass is 10.0. The monoisotopic (exact) mass is 482 g/mol. The fourth-order valence-corrected chi connectivity index (χ4v) is 3.49. The standard InChI is InChI=1S/C29H38O6/c1-4-7-9-11-13-23-15-19-25(20-16-23)28(30)34-32-27(6-3)33-35-29(31)26-21-17-24(18-22-26)14-12-10-8-5-2/h15-22H,3-14H2,1-2H3. The molecule has 190 valence electrons. The molecule has 0 aromatic heterocycles. The molecule has 0 atom stereocenters. The number of benzene rings is 2. The third kappa shape index (κ3) is 11.1. The molecule has 0 aliphatic carbocycles. The molecule has 2 aromatic rings. The van der Waals surface area contributed by atoms with Crippen LogP contribution in [0, 0.1) is 13.2 Å². The van der Waals surface area contributed by atoms with Gasteiger partial charge in [-0.15, -0.1) is 9.78 Å². The van der Waals surface area contributed by atoms with Crippen LogP contribution in [-0.2, 0) is 32.4 Å². The molecule has 0 unspecified atom stereocenters. The normalized spacial score (nSPS) is 11.0. The highest BCUT2D eigenvalue weighted by Crippen LogP contribution is 2.16. The van der Waals surface area contributed by atoms with Gasteiger partial charge in [-0.05, 0) is 68.0 Å². The molecule has 0 saturated carbocycles. The summed E-state index contributed by atoms with van der Waals surface area (Å²) in [6.07, 6.45) is 11.2. The van der Waals surface area contributed by atoms with Crippen molar-refractivity contribution in [3.05, 3.63) is 84.0 Å². The SMILES string of the molecule is [CH2]C[C](OOC(=O)c1ccc(CCCCCC)cc1)OOC(=O)c1ccc(CCCCCC)cc1. The van der Waals surface area contributed by atoms with Crippen molar-refractivity contribution in [3.63, 3.8) is 0 Å². The third-order valence-electron chi connectivity index (χ3n) is 5.64. The van der Waals surface area contributed by atoms with Gasteiger partial charge in [-0.3, -0.25) is 9.78 Å². The summed E-state index contributed by atoms with van der Waals surface area (Å²) in [6.45, 7) is 7.99. The van der Waals surface area contributed by atoms with Crippen LogP contribution in [0.25, 0.3) is 0 Å². The van der Waals surface area contributed by atoms with Crippen LogP contribution < -0.4 is 0 Å². The molecule has 0 aliphatic rings. The average Bonchev–Trinajstić information content (AvgIpc) is 2.89. The first-order valence-electron chi connectivity index (χ1n) is 12.7. The lowest BCUT2D eigenvalue weighted by Gasteiger charge is -2.12. The van der Waals surface area contributed by atoms with Gasteiger partial charge in [0.25, 0.3) is 0 Å². The zero-order chi connectivity index (χ0) is 25.3. The largest absolute Gasteiger partial charge is 0.373 e. The van der Waals surface area contributed by atoms with Gasteiger partial charge in [0.1, 0.15) is 0 Å². The average molecular weight is 483 g/mol. The van der Waals surface area contributed by atoms with Crippen molar-refractivity contribution in [1.29, 1.82) is 0 Å². The van der Waals surface area contributed by atoms with Crippen molar-refractivity contribution >= 4 is 11.9 Å². The van der Waals surface area contributed by atoms with Crippen LogP contribution in [0.1, 0.15) is 103 Å². The number of carbonyl (C=O) groups is 2. The minimum Gasteiger partial charge on any atom is -0.289 e. The van der Waals surface area contributed by atoms with Crippen molar-refractivity contribution in [2.24, 2.45) is 0 Å². The summed E-state index contributed by atoms with van der Waals surface area (Å²) in [6, 6.07) is 14.4. The molecule has 2 rings (SSSR count). The zero-order valence-corrected chi connectivity index (χ0v) is 21.1. The van der Waals surface area contributed by atoms with Gasteiger partial charge in [0.15, 0.2) is 0 Å². The summed E-state index contributed by atoms with van der Waals surface area (Å²) in [5.74, 6) is -1.36. The van der Waals surface area contributed by atoms with E-state index in [1.54, 1.807) is 24.3 Å². The van der Waals surface area contributed by atoms with Crippen molar-refractivity contribution in [2.75, 3.05) is 0 Å². The molecule has 2 radical (unpaired) electrons. The van der Waals surface area contributed by atoms with E-state index < -0.39 is 11.9 Å². The van der Waals surface area contributed by atoms with E-state index in [9.17, 15) is 9.59 Å². The summed E-state index contributed by atoms with van der Waals surface area (Å²) in [4.78, 5) is 43.9. The maximum Gasteiger partial charge on any atom is 0.373 e. The Bertz CT molecular complexity index is 788. The number of aryl methyl sites for hydroxylation is 2. The first-order chi connectivity index (χ1) is 17.1. The number of carbonyl (C=O) groups excluding carboxylic acids is 2. The first kappa shape index (κ1) is 28.5. The Morgan fingerprint density at radius 2 is 1.00 bits per heavy atom. The molecular weight excluding hydrogens is 444 g/mol. The highest BCUT2D eigenvalue weighted by molar-refractivity contribution is 5.89. The van der Waals surface area contributed by atoms with E-state index in [1.807, 2.05) is 24.3 Å². The summed E-state index contributed by atoms with van der Waals surface area (Å²) >= 11 is 0. The zero-order valence-electron chi connectivity index (χ0n) is 21.1. The second-order valence-corrected chi connectivity index (χ2v) is 8.55. The van der Waals surface area contributed by atoms with Gasteiger partial charge in [-0.25, -0.2) is 9.59 Å². The highest BCUT2D eigenvalue weighted by Gasteiger charge is 2.20. The Kier molecular flexibility index (Phi) is 13.7. The van der Waals surface area contributed by atoms with Crippen LogP contribution in [0.3, 0.4) is 0 Å². The third-order valence-corrected chi connectivity index (χ3v) is 5.64. The molecule has 0 spiro atoms. The topological polar surface area (TPSA) is 71.1 Å². The molecule has 6 heteroatoms. The molecule has 0 amide bonds. The molecular formula is C29H38O6. The van der Waals surface area contributed by atoms with Crippen LogP contribution in [-0.4, -0.2) is 11.9 Å². The van der Waals surface area contributed by atoms with E-state index in [2.05, 4.69) is 20.8 Å². The minimum absolute atomic E-state index is 0.0199. The highest BCUT2D eigenvalue weighted by atomic mass is 17.3. The fourth-order valence-electron chi connectivity index (χ4n) is 3.49. The van der Waals surface area contributed by atoms with Crippen molar-refractivity contribution in [1.82, 2.24) is 0 Å². The van der Waals surface area contributed by atoms with Crippen molar-refractivity contribution in [2.45, 2.75) is 84.5 Å². The number of hydrogen-bond donors (Lipinski definition) is 0. The molecule has 0 bridgehead atoms. The molecule has 0 N–H and O–H groups in total. The van der Waals surface area contributed by atoms with E-state index in [0.29, 0.717) is 11.1 Å². The second kappa shape index (κ2) is 16.8. The van der Waals surface area contributed by atoms with Gasteiger partial charge < -0.3 is 0 Å². The van der Waals surface area contributed by atoms with E-state index in [4.69, 9.17) is 19.6 Å². The van der Waals surface area contributed by atoms with Crippen LogP contribution in [0.5, 0.6) is 0 Å². The van der Waals surface area contributed by atoms with E-state index >= 15 is 0 Å². The van der Waals surface area contributed by atoms with Crippen LogP contribution in [0.2, 0.25) is 0 Å². The first-order valence-corrected chi connectivity index (χ1v) is 12.7. The maximum absolute atomic E-state index is 12.2. The van der Waals surface area contributed by atoms with Crippen LogP contribution >= 0.6 is 0 Å². The molecule has 0 saturated heterocycles. The minimum atomic E-state index is -0.682. The number of rotatable bonds is 17. The van der Waals surface area contributed by atoms with Gasteiger partial charge in [0, 0.05) is 6.42 Å². The van der Waals surface area contributed by atoms with Gasteiger partial charge in [-0.2, -0.15) is 0 Å².